The van der Waals surface area contributed by atoms with Crippen LogP contribution in [0, 0.1) is 5.92 Å². The molecule has 2 unspecified atom stereocenters. The average Bonchev–Trinajstić information content (AvgIpc) is 3.74. The minimum Gasteiger partial charge on any atom is -0.456 e. The Bertz CT molecular complexity index is 2010. The largest absolute Gasteiger partial charge is 0.456 e. The Morgan fingerprint density at radius 3 is 2.27 bits per heavy atom. The van der Waals surface area contributed by atoms with Gasteiger partial charge in [-0.25, -0.2) is 9.78 Å². The molecule has 4 amide bonds. The molecule has 0 saturated heterocycles. The second kappa shape index (κ2) is 22.4. The van der Waals surface area contributed by atoms with E-state index in [1.165, 1.54) is 12.5 Å². The molecule has 2 heterocycles. The molecule has 4 rings (SSSR count). The second-order valence-corrected chi connectivity index (χ2v) is 15.9. The highest BCUT2D eigenvalue weighted by atomic mass is 16.6. The molecule has 0 spiro atoms. The van der Waals surface area contributed by atoms with E-state index >= 15 is 0 Å². The SMILES string of the molecule is CC[C@H](C)[C@H](NC(=O)CC(O)CC(NC(=O)[C@H](Cc1cnc[nH]1)NC(=O)[C@@H](N)Cc1ccc(C(=O)OC(C)(C)C)cc1CN)c1ccccc1)C(=O)NCc1ccccn1. The number of aromatic amines is 1. The Kier molecular flexibility index (Phi) is 17.5. The van der Waals surface area contributed by atoms with E-state index in [1.807, 2.05) is 26.0 Å². The van der Waals surface area contributed by atoms with Crippen molar-refractivity contribution in [3.63, 3.8) is 0 Å². The van der Waals surface area contributed by atoms with E-state index in [1.54, 1.807) is 81.6 Å². The number of esters is 1. The van der Waals surface area contributed by atoms with Crippen molar-refractivity contribution < 1.29 is 33.8 Å². The summed E-state index contributed by atoms with van der Waals surface area (Å²) in [5, 5.41) is 22.6. The lowest BCUT2D eigenvalue weighted by Crippen LogP contribution is -2.53. The molecule has 0 aliphatic carbocycles. The number of pyridine rings is 1. The first-order valence-electron chi connectivity index (χ1n) is 20.2. The van der Waals surface area contributed by atoms with Gasteiger partial charge in [-0.3, -0.25) is 24.2 Å². The summed E-state index contributed by atoms with van der Waals surface area (Å²) in [4.78, 5) is 78.1. The number of hydrogen-bond donors (Lipinski definition) is 8. The van der Waals surface area contributed by atoms with Crippen LogP contribution in [-0.2, 0) is 49.8 Å². The number of rotatable bonds is 21. The molecule has 0 saturated carbocycles. The number of nitrogens with one attached hydrogen (secondary N) is 5. The van der Waals surface area contributed by atoms with E-state index in [9.17, 15) is 29.1 Å². The van der Waals surface area contributed by atoms with Crippen LogP contribution in [-0.4, -0.2) is 79.5 Å². The smallest absolute Gasteiger partial charge is 0.338 e. The Hall–Kier alpha value is -5.97. The fraction of sp³-hybridized carbons (Fsp3) is 0.432. The number of benzene rings is 2. The lowest BCUT2D eigenvalue weighted by Gasteiger charge is -2.27. The maximum atomic E-state index is 14.1. The molecular formula is C44H59N9O7. The molecule has 16 nitrogen and oxygen atoms in total. The summed E-state index contributed by atoms with van der Waals surface area (Å²) >= 11 is 0. The van der Waals surface area contributed by atoms with Crippen LogP contribution in [0.4, 0.5) is 0 Å². The highest BCUT2D eigenvalue weighted by molar-refractivity contribution is 5.91. The van der Waals surface area contributed by atoms with Gasteiger partial charge >= 0.3 is 5.97 Å². The quantitative estimate of drug-likeness (QED) is 0.0567. The number of aliphatic hydroxyl groups excluding tert-OH is 1. The van der Waals surface area contributed by atoms with E-state index < -0.39 is 59.6 Å². The van der Waals surface area contributed by atoms with Gasteiger partial charge in [0.2, 0.25) is 23.6 Å². The van der Waals surface area contributed by atoms with Crippen molar-refractivity contribution >= 4 is 29.6 Å². The Morgan fingerprint density at radius 1 is 0.900 bits per heavy atom. The zero-order valence-corrected chi connectivity index (χ0v) is 34.9. The van der Waals surface area contributed by atoms with Gasteiger partial charge in [0.25, 0.3) is 0 Å². The molecule has 6 atom stereocenters. The summed E-state index contributed by atoms with van der Waals surface area (Å²) in [6.45, 7) is 9.36. The van der Waals surface area contributed by atoms with Crippen LogP contribution >= 0.6 is 0 Å². The lowest BCUT2D eigenvalue weighted by molar-refractivity contribution is -0.131. The minimum atomic E-state index is -1.22. The average molecular weight is 826 g/mol. The maximum absolute atomic E-state index is 14.1. The van der Waals surface area contributed by atoms with Crippen LogP contribution in [0.3, 0.4) is 0 Å². The van der Waals surface area contributed by atoms with Gasteiger partial charge in [0.1, 0.15) is 17.7 Å². The maximum Gasteiger partial charge on any atom is 0.338 e. The van der Waals surface area contributed by atoms with Gasteiger partial charge in [0, 0.05) is 31.1 Å². The minimum absolute atomic E-state index is 0.0365. The first kappa shape index (κ1) is 46.7. The molecule has 10 N–H and O–H groups in total. The molecule has 0 radical (unpaired) electrons. The molecular weight excluding hydrogens is 767 g/mol. The third-order valence-electron chi connectivity index (χ3n) is 9.88. The summed E-state index contributed by atoms with van der Waals surface area (Å²) in [5.41, 5.74) is 15.2. The van der Waals surface area contributed by atoms with Crippen molar-refractivity contribution in [3.05, 3.63) is 119 Å². The van der Waals surface area contributed by atoms with Crippen molar-refractivity contribution in [2.24, 2.45) is 17.4 Å². The normalized spacial score (nSPS) is 14.4. The van der Waals surface area contributed by atoms with Gasteiger partial charge in [-0.1, -0.05) is 62.7 Å². The number of carbonyl (C=O) groups excluding carboxylic acids is 5. The van der Waals surface area contributed by atoms with E-state index in [0.717, 1.165) is 0 Å². The summed E-state index contributed by atoms with van der Waals surface area (Å²) in [7, 11) is 0. The highest BCUT2D eigenvalue weighted by Gasteiger charge is 2.31. The highest BCUT2D eigenvalue weighted by Crippen LogP contribution is 2.22. The molecule has 322 valence electrons. The third-order valence-corrected chi connectivity index (χ3v) is 9.88. The number of aliphatic hydroxyl groups is 1. The van der Waals surface area contributed by atoms with Crippen molar-refractivity contribution in [1.82, 2.24) is 36.2 Å². The van der Waals surface area contributed by atoms with Crippen molar-refractivity contribution in [2.45, 2.75) is 116 Å². The Labute approximate surface area is 351 Å². The van der Waals surface area contributed by atoms with Gasteiger partial charge < -0.3 is 47.6 Å². The van der Waals surface area contributed by atoms with Gasteiger partial charge in [-0.15, -0.1) is 0 Å². The Morgan fingerprint density at radius 2 is 1.63 bits per heavy atom. The van der Waals surface area contributed by atoms with E-state index in [-0.39, 0.29) is 50.6 Å². The van der Waals surface area contributed by atoms with Crippen LogP contribution in [0.2, 0.25) is 0 Å². The number of amides is 4. The first-order valence-corrected chi connectivity index (χ1v) is 20.2. The van der Waals surface area contributed by atoms with Crippen LogP contribution in [0.1, 0.15) is 98.4 Å². The topological polar surface area (TPSA) is 257 Å². The third kappa shape index (κ3) is 14.7. The summed E-state index contributed by atoms with van der Waals surface area (Å²) in [6, 6.07) is 15.4. The summed E-state index contributed by atoms with van der Waals surface area (Å²) in [5.74, 6) is -2.78. The summed E-state index contributed by atoms with van der Waals surface area (Å²) in [6.07, 6.45) is 3.71. The predicted molar refractivity (Wildman–Crippen MR) is 225 cm³/mol. The van der Waals surface area contributed by atoms with E-state index in [2.05, 4.69) is 36.2 Å². The van der Waals surface area contributed by atoms with Crippen molar-refractivity contribution in [3.8, 4) is 0 Å². The zero-order valence-electron chi connectivity index (χ0n) is 34.9. The molecule has 4 aromatic rings. The van der Waals surface area contributed by atoms with Gasteiger partial charge in [-0.05, 0) is 80.5 Å². The molecule has 0 aliphatic heterocycles. The first-order chi connectivity index (χ1) is 28.6. The summed E-state index contributed by atoms with van der Waals surface area (Å²) < 4.78 is 5.48. The monoisotopic (exact) mass is 825 g/mol. The molecule has 2 aromatic heterocycles. The lowest BCUT2D eigenvalue weighted by atomic mass is 9.96. The van der Waals surface area contributed by atoms with E-state index in [0.29, 0.717) is 40.1 Å². The fourth-order valence-electron chi connectivity index (χ4n) is 6.44. The van der Waals surface area contributed by atoms with Gasteiger partial charge in [-0.2, -0.15) is 0 Å². The van der Waals surface area contributed by atoms with Gasteiger partial charge in [0.15, 0.2) is 0 Å². The number of aromatic nitrogens is 3. The van der Waals surface area contributed by atoms with Crippen molar-refractivity contribution in [1.29, 1.82) is 0 Å². The number of nitrogens with two attached hydrogens (primary N) is 2. The number of nitrogens with zero attached hydrogens (tertiary/aromatic N) is 2. The molecule has 0 aliphatic rings. The molecule has 2 aromatic carbocycles. The predicted octanol–water partition coefficient (Wildman–Crippen LogP) is 2.66. The Balaban J connectivity index is 1.45. The van der Waals surface area contributed by atoms with Crippen molar-refractivity contribution in [2.75, 3.05) is 0 Å². The number of imidazole rings is 1. The molecule has 16 heteroatoms. The second-order valence-electron chi connectivity index (χ2n) is 15.9. The number of H-pyrrole nitrogens is 1. The van der Waals surface area contributed by atoms with Crippen LogP contribution < -0.4 is 32.7 Å². The number of carbonyl (C=O) groups is 5. The molecule has 0 fully saturated rings. The molecule has 60 heavy (non-hydrogen) atoms. The fourth-order valence-corrected chi connectivity index (χ4v) is 6.44. The van der Waals surface area contributed by atoms with E-state index in [4.69, 9.17) is 16.2 Å². The van der Waals surface area contributed by atoms with Crippen LogP contribution in [0.25, 0.3) is 0 Å². The van der Waals surface area contributed by atoms with Crippen LogP contribution in [0.15, 0.2) is 85.5 Å². The number of ether oxygens (including phenoxy) is 1. The standard InChI is InChI=1S/C44H59N9O7/c1-6-27(2)39(42(58)49-25-32-14-10-11-17-48-32)53-38(55)22-34(54)21-36(28-12-8-7-9-13-28)51-41(57)37(20-33-24-47-26-50-33)52-40(56)35(46)19-29-15-16-30(18-31(29)23-45)43(59)60-44(3,4)5/h7-18,24,26-27,34-37,39,54H,6,19-23,25,45-46H2,1-5H3,(H,47,50)(H,49,58)(H,51,57)(H,52,56)(H,53,55)/t27-,34?,35-,36?,37-,39-/m0/s1. The number of hydrogen-bond acceptors (Lipinski definition) is 11. The van der Waals surface area contributed by atoms with Gasteiger partial charge in [0.05, 0.1) is 48.7 Å². The zero-order chi connectivity index (χ0) is 43.8. The molecule has 0 bridgehead atoms. The van der Waals surface area contributed by atoms with Crippen LogP contribution in [0.5, 0.6) is 0 Å².